The van der Waals surface area contributed by atoms with Crippen LogP contribution in [0.4, 0.5) is 11.4 Å². The molecule has 1 unspecified atom stereocenters. The van der Waals surface area contributed by atoms with Crippen LogP contribution < -0.4 is 5.73 Å². The predicted molar refractivity (Wildman–Crippen MR) is 153 cm³/mol. The number of rotatable bonds is 7. The second-order valence-corrected chi connectivity index (χ2v) is 8.60. The lowest BCUT2D eigenvalue weighted by atomic mass is 9.68. The minimum absolute atomic E-state index is 0.634. The molecule has 1 aromatic heterocycles. The highest BCUT2D eigenvalue weighted by Gasteiger charge is 2.49. The molecule has 0 bridgehead atoms. The van der Waals surface area contributed by atoms with E-state index < -0.39 is 5.41 Å². The van der Waals surface area contributed by atoms with Crippen molar-refractivity contribution in [3.63, 3.8) is 0 Å². The second-order valence-electron chi connectivity index (χ2n) is 8.60. The number of benzene rings is 3. The topological polar surface area (TPSA) is 64.2 Å². The number of aromatic nitrogens is 2. The highest BCUT2D eigenvalue weighted by molar-refractivity contribution is 5.86. The Bertz CT molecular complexity index is 1490. The molecule has 1 heterocycles. The number of aliphatic imine (C=N–C) groups is 1. The molecule has 1 aliphatic carbocycles. The Morgan fingerprint density at radius 3 is 1.83 bits per heavy atom. The van der Waals surface area contributed by atoms with Gasteiger partial charge in [-0.25, -0.2) is 0 Å². The molecule has 5 rings (SSSR count). The van der Waals surface area contributed by atoms with Crippen molar-refractivity contribution < 1.29 is 0 Å². The van der Waals surface area contributed by atoms with Crippen LogP contribution >= 0.6 is 0 Å². The first kappa shape index (κ1) is 22.9. The second kappa shape index (κ2) is 8.75. The first-order valence-corrected chi connectivity index (χ1v) is 11.5. The van der Waals surface area contributed by atoms with Crippen LogP contribution in [0.3, 0.4) is 0 Å². The molecule has 1 atom stereocenters. The van der Waals surface area contributed by atoms with E-state index in [4.69, 9.17) is 15.7 Å². The summed E-state index contributed by atoms with van der Waals surface area (Å²) in [5.74, 6) is 0. The third-order valence-corrected chi connectivity index (χ3v) is 6.96. The maximum atomic E-state index is 6.46. The molecule has 0 spiro atoms. The van der Waals surface area contributed by atoms with E-state index in [1.54, 1.807) is 36.7 Å². The van der Waals surface area contributed by atoms with Crippen molar-refractivity contribution in [1.82, 2.24) is 9.97 Å². The fraction of sp³-hybridized carbons (Fsp3) is 0.0312. The number of hydrogen-bond donors (Lipinski definition) is 1. The Hall–Kier alpha value is -4.83. The molecule has 0 aliphatic heterocycles. The number of nitrogen functional groups attached to an aromatic ring is 1. The van der Waals surface area contributed by atoms with E-state index in [2.05, 4.69) is 74.4 Å². The molecular formula is C32H26N4. The summed E-state index contributed by atoms with van der Waals surface area (Å²) in [5, 5.41) is 0. The van der Waals surface area contributed by atoms with Crippen LogP contribution in [0.25, 0.3) is 35.6 Å². The molecule has 4 nitrogen and oxygen atoms in total. The lowest BCUT2D eigenvalue weighted by Crippen LogP contribution is -2.30. The van der Waals surface area contributed by atoms with Gasteiger partial charge in [0, 0.05) is 34.8 Å². The molecule has 0 amide bonds. The number of anilines is 1. The maximum Gasteiger partial charge on any atom is 0.0937 e. The smallest absolute Gasteiger partial charge is 0.0937 e. The van der Waals surface area contributed by atoms with Gasteiger partial charge >= 0.3 is 0 Å². The van der Waals surface area contributed by atoms with Crippen molar-refractivity contribution >= 4 is 42.4 Å². The summed E-state index contributed by atoms with van der Waals surface area (Å²) in [7, 11) is 0. The van der Waals surface area contributed by atoms with Crippen molar-refractivity contribution in [1.29, 1.82) is 0 Å². The third-order valence-electron chi connectivity index (χ3n) is 6.96. The molecule has 4 aromatic rings. The van der Waals surface area contributed by atoms with Crippen LogP contribution in [0.2, 0.25) is 0 Å². The van der Waals surface area contributed by atoms with Crippen LogP contribution in [0.5, 0.6) is 0 Å². The molecule has 174 valence electrons. The van der Waals surface area contributed by atoms with Gasteiger partial charge < -0.3 is 5.73 Å². The van der Waals surface area contributed by atoms with Crippen molar-refractivity contribution in [2.75, 3.05) is 5.73 Å². The number of fused-ring (bicyclic) bond motifs is 3. The summed E-state index contributed by atoms with van der Waals surface area (Å²) in [6, 6.07) is 16.7. The molecule has 2 N–H and O–H groups in total. The molecule has 4 heteroatoms. The van der Waals surface area contributed by atoms with Crippen LogP contribution in [0, 0.1) is 0 Å². The lowest BCUT2D eigenvalue weighted by molar-refractivity contribution is 0.734. The Labute approximate surface area is 211 Å². The van der Waals surface area contributed by atoms with Gasteiger partial charge in [0.05, 0.1) is 22.5 Å². The minimum atomic E-state index is -0.793. The van der Waals surface area contributed by atoms with E-state index in [1.807, 2.05) is 12.1 Å². The van der Waals surface area contributed by atoms with Crippen molar-refractivity contribution in [2.45, 2.75) is 5.41 Å². The zero-order valence-corrected chi connectivity index (χ0v) is 20.0. The van der Waals surface area contributed by atoms with Gasteiger partial charge in [0.25, 0.3) is 0 Å². The number of nitrogens with two attached hydrogens (primary N) is 1. The SMILES string of the molecule is C=Cc1cc(C2(c3cc(C=C)c(N=C)c(C=C)c3)c3ccccc3-c3nccnc32)cc(C=C)c1N. The van der Waals surface area contributed by atoms with Gasteiger partial charge in [0.2, 0.25) is 0 Å². The molecule has 0 radical (unpaired) electrons. The first-order valence-electron chi connectivity index (χ1n) is 11.5. The fourth-order valence-corrected chi connectivity index (χ4v) is 5.35. The van der Waals surface area contributed by atoms with Gasteiger partial charge in [0.15, 0.2) is 0 Å². The van der Waals surface area contributed by atoms with Crippen molar-refractivity contribution in [3.05, 3.63) is 132 Å². The van der Waals surface area contributed by atoms with E-state index >= 15 is 0 Å². The van der Waals surface area contributed by atoms with Crippen molar-refractivity contribution in [2.24, 2.45) is 4.99 Å². The van der Waals surface area contributed by atoms with Crippen LogP contribution in [-0.2, 0) is 5.41 Å². The summed E-state index contributed by atoms with van der Waals surface area (Å²) in [6.45, 7) is 19.9. The largest absolute Gasteiger partial charge is 0.398 e. The van der Waals surface area contributed by atoms with Crippen molar-refractivity contribution in [3.8, 4) is 11.3 Å². The summed E-state index contributed by atoms with van der Waals surface area (Å²) >= 11 is 0. The average Bonchev–Trinajstić information content (AvgIpc) is 3.23. The lowest BCUT2D eigenvalue weighted by Gasteiger charge is -2.34. The molecule has 0 fully saturated rings. The van der Waals surface area contributed by atoms with Gasteiger partial charge in [-0.2, -0.15) is 0 Å². The highest BCUT2D eigenvalue weighted by Crippen LogP contribution is 2.55. The number of nitrogens with zero attached hydrogens (tertiary/aromatic N) is 3. The van der Waals surface area contributed by atoms with Gasteiger partial charge in [-0.15, -0.1) is 0 Å². The minimum Gasteiger partial charge on any atom is -0.398 e. The van der Waals surface area contributed by atoms with E-state index in [1.165, 1.54) is 0 Å². The summed E-state index contributed by atoms with van der Waals surface area (Å²) < 4.78 is 0. The molecule has 3 aromatic carbocycles. The molecular weight excluding hydrogens is 440 g/mol. The molecule has 36 heavy (non-hydrogen) atoms. The summed E-state index contributed by atoms with van der Waals surface area (Å²) in [4.78, 5) is 14.0. The molecule has 0 saturated carbocycles. The predicted octanol–water partition coefficient (Wildman–Crippen LogP) is 7.33. The Kier molecular flexibility index (Phi) is 5.57. The van der Waals surface area contributed by atoms with Gasteiger partial charge in [-0.1, -0.05) is 74.9 Å². The normalized spacial score (nSPS) is 15.4. The van der Waals surface area contributed by atoms with Gasteiger partial charge in [-0.05, 0) is 58.8 Å². The van der Waals surface area contributed by atoms with Crippen LogP contribution in [-0.4, -0.2) is 16.7 Å². The van der Waals surface area contributed by atoms with Crippen LogP contribution in [0.1, 0.15) is 44.6 Å². The van der Waals surface area contributed by atoms with E-state index in [0.717, 1.165) is 61.6 Å². The van der Waals surface area contributed by atoms with Crippen LogP contribution in [0.15, 0.2) is 92.2 Å². The zero-order chi connectivity index (χ0) is 25.4. The highest BCUT2D eigenvalue weighted by atomic mass is 14.8. The quantitative estimate of drug-likeness (QED) is 0.202. The third kappa shape index (κ3) is 3.05. The van der Waals surface area contributed by atoms with Gasteiger partial charge in [0.1, 0.15) is 0 Å². The summed E-state index contributed by atoms with van der Waals surface area (Å²) in [5.41, 5.74) is 16.2. The summed E-state index contributed by atoms with van der Waals surface area (Å²) in [6.07, 6.45) is 10.6. The molecule has 1 aliphatic rings. The Morgan fingerprint density at radius 2 is 1.28 bits per heavy atom. The Morgan fingerprint density at radius 1 is 0.750 bits per heavy atom. The number of hydrogen-bond acceptors (Lipinski definition) is 4. The monoisotopic (exact) mass is 466 g/mol. The average molecular weight is 467 g/mol. The maximum absolute atomic E-state index is 6.46. The fourth-order valence-electron chi connectivity index (χ4n) is 5.35. The Balaban J connectivity index is 2.03. The molecule has 0 saturated heterocycles. The standard InChI is InChI=1S/C32H26N4/c1-6-20-16-24(17-21(7-2)28(20)33)32(25-18-22(8-3)29(34-5)23(9-4)19-25)27-13-11-10-12-26(27)30-31(32)36-15-14-35-30/h6-19H,1-5,33H2. The van der Waals surface area contributed by atoms with E-state index in [0.29, 0.717) is 5.69 Å². The van der Waals surface area contributed by atoms with E-state index in [-0.39, 0.29) is 0 Å². The van der Waals surface area contributed by atoms with Gasteiger partial charge in [-0.3, -0.25) is 15.0 Å². The van der Waals surface area contributed by atoms with E-state index in [9.17, 15) is 0 Å². The first-order chi connectivity index (χ1) is 17.5. The zero-order valence-electron chi connectivity index (χ0n) is 20.0.